The van der Waals surface area contributed by atoms with Gasteiger partial charge in [-0.25, -0.2) is 13.8 Å². The smallest absolute Gasteiger partial charge is 0.268 e. The number of carbonyl (C=O) groups is 2. The number of aromatic nitrogens is 2. The summed E-state index contributed by atoms with van der Waals surface area (Å²) in [5.74, 6) is -3.61. The number of nitrogens with zero attached hydrogens (tertiary/aromatic N) is 4. The van der Waals surface area contributed by atoms with Crippen LogP contribution in [-0.2, 0) is 4.79 Å². The average Bonchev–Trinajstić information content (AvgIpc) is 3.15. The van der Waals surface area contributed by atoms with Crippen molar-refractivity contribution in [3.8, 4) is 6.07 Å². The maximum absolute atomic E-state index is 13.6. The van der Waals surface area contributed by atoms with E-state index in [0.29, 0.717) is 22.3 Å². The van der Waals surface area contributed by atoms with Crippen LogP contribution in [0.25, 0.3) is 23.1 Å². The molecule has 3 heterocycles. The summed E-state index contributed by atoms with van der Waals surface area (Å²) in [6.07, 6.45) is 5.77. The molecular formula is C25H21F2N5O2. The van der Waals surface area contributed by atoms with Gasteiger partial charge in [-0.3, -0.25) is 14.6 Å². The van der Waals surface area contributed by atoms with Gasteiger partial charge in [-0.05, 0) is 41.5 Å². The Morgan fingerprint density at radius 3 is 2.59 bits per heavy atom. The normalized spacial score (nSPS) is 17.2. The molecule has 0 spiro atoms. The number of hydrogen-bond acceptors (Lipinski definition) is 6. The van der Waals surface area contributed by atoms with Crippen LogP contribution in [0.3, 0.4) is 0 Å². The molecule has 1 fully saturated rings. The highest BCUT2D eigenvalue weighted by Gasteiger charge is 2.47. The fraction of sp³-hybridized carbons (Fsp3) is 0.240. The summed E-state index contributed by atoms with van der Waals surface area (Å²) in [4.78, 5) is 34.5. The molecule has 1 saturated heterocycles. The van der Waals surface area contributed by atoms with E-state index in [9.17, 15) is 18.4 Å². The van der Waals surface area contributed by atoms with Crippen LogP contribution >= 0.6 is 0 Å². The van der Waals surface area contributed by atoms with Gasteiger partial charge < -0.3 is 10.6 Å². The summed E-state index contributed by atoms with van der Waals surface area (Å²) in [6.45, 7) is -0.796. The Bertz CT molecular complexity index is 1330. The number of Topliss-reactive ketones (excluding diaryl/α,β-unsaturated/α-hetero) is 1. The lowest BCUT2D eigenvalue weighted by Gasteiger charge is -2.18. The maximum Gasteiger partial charge on any atom is 0.268 e. The van der Waals surface area contributed by atoms with Gasteiger partial charge in [-0.15, -0.1) is 0 Å². The predicted molar refractivity (Wildman–Crippen MR) is 124 cm³/mol. The van der Waals surface area contributed by atoms with Crippen molar-refractivity contribution >= 4 is 40.6 Å². The van der Waals surface area contributed by atoms with Crippen LogP contribution in [0.15, 0.2) is 48.8 Å². The first-order valence-corrected chi connectivity index (χ1v) is 10.6. The molecule has 34 heavy (non-hydrogen) atoms. The minimum atomic E-state index is -3.09. The van der Waals surface area contributed by atoms with Crippen molar-refractivity contribution in [1.82, 2.24) is 14.9 Å². The average molecular weight is 461 g/mol. The molecule has 0 radical (unpaired) electrons. The van der Waals surface area contributed by atoms with E-state index in [-0.39, 0.29) is 18.6 Å². The van der Waals surface area contributed by atoms with E-state index >= 15 is 0 Å². The van der Waals surface area contributed by atoms with Gasteiger partial charge in [0.1, 0.15) is 11.9 Å². The summed E-state index contributed by atoms with van der Waals surface area (Å²) >= 11 is 0. The Kier molecular flexibility index (Phi) is 6.32. The van der Waals surface area contributed by atoms with E-state index in [1.54, 1.807) is 30.5 Å². The minimum absolute atomic E-state index is 0.158. The highest BCUT2D eigenvalue weighted by Crippen LogP contribution is 2.32. The number of anilines is 1. The largest absolute Gasteiger partial charge is 0.384 e. The highest BCUT2D eigenvalue weighted by atomic mass is 19.3. The van der Waals surface area contributed by atoms with Crippen molar-refractivity contribution in [3.63, 3.8) is 0 Å². The maximum atomic E-state index is 13.6. The highest BCUT2D eigenvalue weighted by molar-refractivity contribution is 6.08. The van der Waals surface area contributed by atoms with E-state index < -0.39 is 30.8 Å². The number of fused-ring (bicyclic) bond motifs is 1. The van der Waals surface area contributed by atoms with Gasteiger partial charge in [-0.1, -0.05) is 18.2 Å². The first-order chi connectivity index (χ1) is 16.3. The number of rotatable bonds is 6. The summed E-state index contributed by atoms with van der Waals surface area (Å²) in [7, 11) is 0. The zero-order valence-electron chi connectivity index (χ0n) is 18.1. The Balaban J connectivity index is 1.51. The predicted octanol–water partition coefficient (Wildman–Crippen LogP) is 4.11. The molecule has 1 aromatic carbocycles. The molecule has 1 amide bonds. The van der Waals surface area contributed by atoms with E-state index in [1.807, 2.05) is 30.4 Å². The zero-order chi connectivity index (χ0) is 24.3. The minimum Gasteiger partial charge on any atom is -0.384 e. The summed E-state index contributed by atoms with van der Waals surface area (Å²) in [5.41, 5.74) is 8.42. The van der Waals surface area contributed by atoms with E-state index in [1.165, 1.54) is 6.20 Å². The molecule has 2 N–H and O–H groups in total. The summed E-state index contributed by atoms with van der Waals surface area (Å²) in [5, 5.41) is 9.71. The van der Waals surface area contributed by atoms with Crippen molar-refractivity contribution < 1.29 is 18.4 Å². The second-order valence-corrected chi connectivity index (χ2v) is 8.13. The number of carbonyl (C=O) groups excluding carboxylic acids is 2. The Morgan fingerprint density at radius 2 is 1.85 bits per heavy atom. The number of likely N-dealkylation sites (tertiary alicyclic amines) is 1. The fourth-order valence-electron chi connectivity index (χ4n) is 3.97. The van der Waals surface area contributed by atoms with Crippen molar-refractivity contribution in [3.05, 3.63) is 65.5 Å². The first kappa shape index (κ1) is 23.0. The standard InChI is InChI=1S/C25H21F2N5O2/c26-25(27)13-18(14-28)32(15-25)24(34)6-5-22(33)19-8-10-30-21-4-3-16(11-20(19)21)1-2-17-7-9-31-23(29)12-17/h1-4,7-12,18H,5-6,13,15H2,(H2,29,31)/b2-1+/t18-/m0/s1. The molecule has 4 rings (SSSR count). The number of benzene rings is 1. The number of pyridine rings is 2. The number of hydrogen-bond donors (Lipinski definition) is 1. The van der Waals surface area contributed by atoms with Gasteiger partial charge in [0, 0.05) is 42.6 Å². The molecule has 0 saturated carbocycles. The third-order valence-electron chi connectivity index (χ3n) is 5.64. The number of nitrogens with two attached hydrogens (primary N) is 1. The number of amides is 1. The third kappa shape index (κ3) is 5.07. The van der Waals surface area contributed by atoms with E-state index in [4.69, 9.17) is 11.0 Å². The van der Waals surface area contributed by atoms with Gasteiger partial charge in [-0.2, -0.15) is 5.26 Å². The van der Waals surface area contributed by atoms with Crippen molar-refractivity contribution in [2.45, 2.75) is 31.2 Å². The van der Waals surface area contributed by atoms with Gasteiger partial charge in [0.05, 0.1) is 18.1 Å². The van der Waals surface area contributed by atoms with Crippen LogP contribution < -0.4 is 5.73 Å². The van der Waals surface area contributed by atoms with E-state index in [0.717, 1.165) is 16.0 Å². The number of halogens is 2. The Labute approximate surface area is 194 Å². The number of nitrogen functional groups attached to an aromatic ring is 1. The lowest BCUT2D eigenvalue weighted by Crippen LogP contribution is -2.36. The Hall–Kier alpha value is -4.19. The molecule has 2 aromatic heterocycles. The first-order valence-electron chi connectivity index (χ1n) is 10.6. The van der Waals surface area contributed by atoms with Crippen molar-refractivity contribution in [2.24, 2.45) is 0 Å². The summed E-state index contributed by atoms with van der Waals surface area (Å²) < 4.78 is 27.3. The zero-order valence-corrected chi connectivity index (χ0v) is 18.1. The topological polar surface area (TPSA) is 113 Å². The molecule has 9 heteroatoms. The lowest BCUT2D eigenvalue weighted by atomic mass is 10.00. The molecule has 0 aliphatic carbocycles. The van der Waals surface area contributed by atoms with Crippen LogP contribution in [0.1, 0.15) is 40.7 Å². The SMILES string of the molecule is N#C[C@@H]1CC(F)(F)CN1C(=O)CCC(=O)c1ccnc2ccc(/C=C/c3ccnc(N)c3)cc12. The van der Waals surface area contributed by atoms with Gasteiger partial charge in [0.15, 0.2) is 5.78 Å². The fourth-order valence-corrected chi connectivity index (χ4v) is 3.97. The van der Waals surface area contributed by atoms with Crippen LogP contribution in [0.2, 0.25) is 0 Å². The second-order valence-electron chi connectivity index (χ2n) is 8.13. The molecular weight excluding hydrogens is 440 g/mol. The molecule has 172 valence electrons. The molecule has 7 nitrogen and oxygen atoms in total. The number of alkyl halides is 2. The third-order valence-corrected chi connectivity index (χ3v) is 5.64. The molecule has 0 unspecified atom stereocenters. The van der Waals surface area contributed by atoms with E-state index in [2.05, 4.69) is 9.97 Å². The Morgan fingerprint density at radius 1 is 1.12 bits per heavy atom. The molecule has 1 aliphatic heterocycles. The monoisotopic (exact) mass is 461 g/mol. The number of nitriles is 1. The molecule has 3 aromatic rings. The van der Waals surface area contributed by atoms with Crippen molar-refractivity contribution in [1.29, 1.82) is 5.26 Å². The van der Waals surface area contributed by atoms with Gasteiger partial charge >= 0.3 is 0 Å². The lowest BCUT2D eigenvalue weighted by molar-refractivity contribution is -0.132. The van der Waals surface area contributed by atoms with Gasteiger partial charge in [0.25, 0.3) is 5.92 Å². The van der Waals surface area contributed by atoms with Crippen molar-refractivity contribution in [2.75, 3.05) is 12.3 Å². The molecule has 0 bridgehead atoms. The molecule has 1 atom stereocenters. The second kappa shape index (κ2) is 9.35. The van der Waals surface area contributed by atoms with Crippen LogP contribution in [0, 0.1) is 11.3 Å². The summed E-state index contributed by atoms with van der Waals surface area (Å²) in [6, 6.07) is 11.2. The van der Waals surface area contributed by atoms with Gasteiger partial charge in [0.2, 0.25) is 5.91 Å². The van der Waals surface area contributed by atoms with Crippen LogP contribution in [0.4, 0.5) is 14.6 Å². The van der Waals surface area contributed by atoms with Crippen LogP contribution in [0.5, 0.6) is 0 Å². The molecule has 1 aliphatic rings. The van der Waals surface area contributed by atoms with Crippen LogP contribution in [-0.4, -0.2) is 45.1 Å². The number of ketones is 1. The quantitative estimate of drug-likeness (QED) is 0.553.